The van der Waals surface area contributed by atoms with Crippen LogP contribution in [-0.2, 0) is 6.42 Å². The molecule has 6 nitrogen and oxygen atoms in total. The van der Waals surface area contributed by atoms with Gasteiger partial charge in [-0.05, 0) is 24.6 Å². The van der Waals surface area contributed by atoms with Crippen LogP contribution in [0.4, 0.5) is 21.5 Å². The van der Waals surface area contributed by atoms with Crippen molar-refractivity contribution in [2.45, 2.75) is 6.42 Å². The fourth-order valence-electron chi connectivity index (χ4n) is 2.63. The predicted octanol–water partition coefficient (Wildman–Crippen LogP) is 3.19. The Morgan fingerprint density at radius 2 is 2.22 bits per heavy atom. The van der Waals surface area contributed by atoms with E-state index in [1.54, 1.807) is 18.2 Å². The van der Waals surface area contributed by atoms with Gasteiger partial charge in [-0.2, -0.15) is 0 Å². The molecule has 1 heterocycles. The SMILES string of the molecule is O=[N+]([O-])c1ccc2c(c1NCCOc1cccc(F)c1)CCN2. The minimum Gasteiger partial charge on any atom is -0.492 e. The second-order valence-electron chi connectivity index (χ2n) is 5.15. The Labute approximate surface area is 132 Å². The van der Waals surface area contributed by atoms with E-state index in [0.29, 0.717) is 18.0 Å². The molecule has 0 fully saturated rings. The Hall–Kier alpha value is -2.83. The van der Waals surface area contributed by atoms with Gasteiger partial charge in [-0.15, -0.1) is 0 Å². The average Bonchev–Trinajstić information content (AvgIpc) is 3.00. The topological polar surface area (TPSA) is 76.4 Å². The molecule has 1 aliphatic heterocycles. The highest BCUT2D eigenvalue weighted by Gasteiger charge is 2.23. The zero-order chi connectivity index (χ0) is 16.2. The maximum atomic E-state index is 13.1. The fraction of sp³-hybridized carbons (Fsp3) is 0.250. The highest BCUT2D eigenvalue weighted by molar-refractivity contribution is 5.77. The molecule has 0 atom stereocenters. The van der Waals surface area contributed by atoms with Gasteiger partial charge in [0.05, 0.1) is 4.92 Å². The number of hydrogen-bond donors (Lipinski definition) is 2. The van der Waals surface area contributed by atoms with Gasteiger partial charge in [-0.3, -0.25) is 10.1 Å². The van der Waals surface area contributed by atoms with E-state index in [9.17, 15) is 14.5 Å². The van der Waals surface area contributed by atoms with Gasteiger partial charge in [0.15, 0.2) is 0 Å². The Bertz CT molecular complexity index is 737. The van der Waals surface area contributed by atoms with E-state index in [1.807, 2.05) is 0 Å². The largest absolute Gasteiger partial charge is 0.492 e. The highest BCUT2D eigenvalue weighted by Crippen LogP contribution is 2.36. The van der Waals surface area contributed by atoms with Crippen molar-refractivity contribution in [1.82, 2.24) is 0 Å². The quantitative estimate of drug-likeness (QED) is 0.486. The van der Waals surface area contributed by atoms with Crippen LogP contribution in [0.1, 0.15) is 5.56 Å². The van der Waals surface area contributed by atoms with Crippen LogP contribution in [0.3, 0.4) is 0 Å². The number of hydrogen-bond acceptors (Lipinski definition) is 5. The molecule has 2 aromatic carbocycles. The van der Waals surface area contributed by atoms with Crippen LogP contribution in [-0.4, -0.2) is 24.6 Å². The molecular weight excluding hydrogens is 301 g/mol. The molecule has 0 aromatic heterocycles. The van der Waals surface area contributed by atoms with Crippen molar-refractivity contribution in [2.75, 3.05) is 30.3 Å². The van der Waals surface area contributed by atoms with Gasteiger partial charge in [0, 0.05) is 36.5 Å². The summed E-state index contributed by atoms with van der Waals surface area (Å²) in [7, 11) is 0. The molecule has 0 saturated carbocycles. The van der Waals surface area contributed by atoms with Crippen LogP contribution < -0.4 is 15.4 Å². The maximum absolute atomic E-state index is 13.1. The van der Waals surface area contributed by atoms with Crippen LogP contribution in [0.25, 0.3) is 0 Å². The van der Waals surface area contributed by atoms with Gasteiger partial charge in [-0.1, -0.05) is 6.07 Å². The first-order valence-electron chi connectivity index (χ1n) is 7.31. The second kappa shape index (κ2) is 6.51. The number of fused-ring (bicyclic) bond motifs is 1. The normalized spacial score (nSPS) is 12.4. The molecule has 2 aromatic rings. The summed E-state index contributed by atoms with van der Waals surface area (Å²) < 4.78 is 18.5. The third kappa shape index (κ3) is 3.33. The van der Waals surface area contributed by atoms with Crippen molar-refractivity contribution in [3.63, 3.8) is 0 Å². The number of ether oxygens (including phenoxy) is 1. The number of nitro groups is 1. The molecule has 0 saturated heterocycles. The van der Waals surface area contributed by atoms with Crippen LogP contribution in [0.15, 0.2) is 36.4 Å². The molecule has 0 aliphatic carbocycles. The van der Waals surface area contributed by atoms with E-state index >= 15 is 0 Å². The zero-order valence-corrected chi connectivity index (χ0v) is 12.3. The van der Waals surface area contributed by atoms with E-state index in [4.69, 9.17) is 4.74 Å². The second-order valence-corrected chi connectivity index (χ2v) is 5.15. The molecule has 0 amide bonds. The lowest BCUT2D eigenvalue weighted by Gasteiger charge is -2.12. The van der Waals surface area contributed by atoms with Crippen molar-refractivity contribution < 1.29 is 14.1 Å². The van der Waals surface area contributed by atoms with Gasteiger partial charge in [0.2, 0.25) is 0 Å². The van der Waals surface area contributed by atoms with Gasteiger partial charge >= 0.3 is 0 Å². The Balaban J connectivity index is 1.66. The number of rotatable bonds is 6. The number of nitrogens with zero attached hydrogens (tertiary/aromatic N) is 1. The average molecular weight is 317 g/mol. The maximum Gasteiger partial charge on any atom is 0.292 e. The third-order valence-corrected chi connectivity index (χ3v) is 3.65. The number of nitrogens with one attached hydrogen (secondary N) is 2. The molecule has 120 valence electrons. The molecule has 0 radical (unpaired) electrons. The first-order chi connectivity index (χ1) is 11.1. The molecular formula is C16H16FN3O3. The minimum absolute atomic E-state index is 0.0539. The van der Waals surface area contributed by atoms with Gasteiger partial charge in [0.25, 0.3) is 5.69 Å². The van der Waals surface area contributed by atoms with Crippen LogP contribution in [0.2, 0.25) is 0 Å². The molecule has 1 aliphatic rings. The monoisotopic (exact) mass is 317 g/mol. The van der Waals surface area contributed by atoms with E-state index in [2.05, 4.69) is 10.6 Å². The molecule has 23 heavy (non-hydrogen) atoms. The first kappa shape index (κ1) is 15.1. The summed E-state index contributed by atoms with van der Waals surface area (Å²) in [6.07, 6.45) is 0.740. The molecule has 2 N–H and O–H groups in total. The minimum atomic E-state index is -0.394. The van der Waals surface area contributed by atoms with Crippen molar-refractivity contribution >= 4 is 17.1 Å². The third-order valence-electron chi connectivity index (χ3n) is 3.65. The summed E-state index contributed by atoms with van der Waals surface area (Å²) in [4.78, 5) is 10.8. The Morgan fingerprint density at radius 1 is 1.35 bits per heavy atom. The van der Waals surface area contributed by atoms with Crippen LogP contribution in [0.5, 0.6) is 5.75 Å². The smallest absolute Gasteiger partial charge is 0.292 e. The number of benzene rings is 2. The lowest BCUT2D eigenvalue weighted by molar-refractivity contribution is -0.384. The van der Waals surface area contributed by atoms with Crippen LogP contribution in [0, 0.1) is 15.9 Å². The van der Waals surface area contributed by atoms with Gasteiger partial charge in [-0.25, -0.2) is 4.39 Å². The Kier molecular flexibility index (Phi) is 4.27. The first-order valence-corrected chi connectivity index (χ1v) is 7.31. The fourth-order valence-corrected chi connectivity index (χ4v) is 2.63. The van der Waals surface area contributed by atoms with Crippen molar-refractivity contribution in [1.29, 1.82) is 0 Å². The molecule has 0 unspecified atom stereocenters. The highest BCUT2D eigenvalue weighted by atomic mass is 19.1. The lowest BCUT2D eigenvalue weighted by atomic mass is 10.1. The summed E-state index contributed by atoms with van der Waals surface area (Å²) in [6, 6.07) is 9.09. The summed E-state index contributed by atoms with van der Waals surface area (Å²) in [5, 5.41) is 17.5. The molecule has 0 spiro atoms. The van der Waals surface area contributed by atoms with E-state index in [-0.39, 0.29) is 18.1 Å². The predicted molar refractivity (Wildman–Crippen MR) is 85.7 cm³/mol. The number of halogens is 1. The summed E-state index contributed by atoms with van der Waals surface area (Å²) in [6.45, 7) is 1.43. The standard InChI is InChI=1S/C16H16FN3O3/c17-11-2-1-3-12(10-11)23-9-8-19-16-13-6-7-18-14(13)4-5-15(16)20(21)22/h1-5,10,18-19H,6-9H2. The van der Waals surface area contributed by atoms with Crippen LogP contribution >= 0.6 is 0 Å². The number of nitro benzene ring substituents is 1. The molecule has 7 heteroatoms. The molecule has 3 rings (SSSR count). The Morgan fingerprint density at radius 3 is 3.00 bits per heavy atom. The number of anilines is 2. The van der Waals surface area contributed by atoms with Gasteiger partial charge < -0.3 is 15.4 Å². The lowest BCUT2D eigenvalue weighted by Crippen LogP contribution is -2.13. The van der Waals surface area contributed by atoms with Gasteiger partial charge in [0.1, 0.15) is 23.9 Å². The van der Waals surface area contributed by atoms with E-state index in [1.165, 1.54) is 18.2 Å². The summed E-state index contributed by atoms with van der Waals surface area (Å²) >= 11 is 0. The van der Waals surface area contributed by atoms with E-state index in [0.717, 1.165) is 24.2 Å². The summed E-state index contributed by atoms with van der Waals surface area (Å²) in [5.41, 5.74) is 2.42. The van der Waals surface area contributed by atoms with Crippen molar-refractivity contribution in [3.05, 3.63) is 57.9 Å². The van der Waals surface area contributed by atoms with Crippen molar-refractivity contribution in [3.8, 4) is 5.75 Å². The summed E-state index contributed by atoms with van der Waals surface area (Å²) in [5.74, 6) is 0.0688. The zero-order valence-electron chi connectivity index (χ0n) is 12.3. The van der Waals surface area contributed by atoms with Crippen molar-refractivity contribution in [2.24, 2.45) is 0 Å². The molecule has 0 bridgehead atoms. The van der Waals surface area contributed by atoms with E-state index < -0.39 is 4.92 Å².